The number of amides is 1. The van der Waals surface area contributed by atoms with Crippen molar-refractivity contribution in [2.45, 2.75) is 50.7 Å². The van der Waals surface area contributed by atoms with Gasteiger partial charge in [0, 0.05) is 37.8 Å². The lowest BCUT2D eigenvalue weighted by Gasteiger charge is -2.42. The first-order valence-corrected chi connectivity index (χ1v) is 14.6. The van der Waals surface area contributed by atoms with Gasteiger partial charge in [0.1, 0.15) is 11.6 Å². The van der Waals surface area contributed by atoms with Gasteiger partial charge in [-0.15, -0.1) is 0 Å². The minimum atomic E-state index is -0.453. The van der Waals surface area contributed by atoms with Crippen LogP contribution in [-0.2, 0) is 17.8 Å². The number of piperazine rings is 1. The summed E-state index contributed by atoms with van der Waals surface area (Å²) in [7, 11) is 4.23. The van der Waals surface area contributed by atoms with Gasteiger partial charge in [0.2, 0.25) is 5.91 Å². The number of carbonyl (C=O) groups excluding carboxylic acids is 1. The van der Waals surface area contributed by atoms with E-state index in [0.717, 1.165) is 36.3 Å². The normalized spacial score (nSPS) is 22.4. The van der Waals surface area contributed by atoms with Gasteiger partial charge in [-0.25, -0.2) is 4.39 Å². The van der Waals surface area contributed by atoms with Crippen LogP contribution in [0.3, 0.4) is 0 Å². The highest BCUT2D eigenvalue weighted by molar-refractivity contribution is 6.33. The number of nitriles is 1. The van der Waals surface area contributed by atoms with Gasteiger partial charge in [-0.1, -0.05) is 24.2 Å². The van der Waals surface area contributed by atoms with Crippen LogP contribution in [0.4, 0.5) is 15.9 Å². The molecule has 11 heteroatoms. The number of aromatic nitrogens is 2. The van der Waals surface area contributed by atoms with E-state index in [1.165, 1.54) is 12.1 Å². The molecule has 9 nitrogen and oxygen atoms in total. The lowest BCUT2D eigenvalue weighted by molar-refractivity contribution is -0.128. The average molecular weight is 582 g/mol. The van der Waals surface area contributed by atoms with Crippen molar-refractivity contribution < 1.29 is 13.9 Å². The monoisotopic (exact) mass is 581 g/mol. The van der Waals surface area contributed by atoms with Gasteiger partial charge in [-0.3, -0.25) is 4.79 Å². The maximum Gasteiger partial charge on any atom is 0.318 e. The quantitative estimate of drug-likeness (QED) is 0.431. The number of halogens is 2. The van der Waals surface area contributed by atoms with Crippen LogP contribution < -0.4 is 14.5 Å². The molecule has 0 bridgehead atoms. The maximum atomic E-state index is 14.3. The Morgan fingerprint density at radius 1 is 1.27 bits per heavy atom. The molecule has 1 aromatic heterocycles. The molecule has 2 aromatic rings. The van der Waals surface area contributed by atoms with Gasteiger partial charge in [-0.05, 0) is 63.9 Å². The number of nitrogens with zero attached hydrogens (tertiary/aromatic N) is 7. The molecular weight excluding hydrogens is 545 g/mol. The highest BCUT2D eigenvalue weighted by atomic mass is 35.5. The summed E-state index contributed by atoms with van der Waals surface area (Å²) in [6, 6.07) is 7.66. The van der Waals surface area contributed by atoms with Gasteiger partial charge >= 0.3 is 6.01 Å². The molecule has 5 rings (SSSR count). The summed E-state index contributed by atoms with van der Waals surface area (Å²) in [4.78, 5) is 30.4. The van der Waals surface area contributed by atoms with E-state index >= 15 is 0 Å². The van der Waals surface area contributed by atoms with E-state index in [2.05, 4.69) is 36.5 Å². The van der Waals surface area contributed by atoms with Crippen LogP contribution in [0.2, 0.25) is 5.02 Å². The van der Waals surface area contributed by atoms with Crippen molar-refractivity contribution in [3.8, 4) is 12.1 Å². The van der Waals surface area contributed by atoms with Crippen LogP contribution in [0, 0.1) is 23.1 Å². The summed E-state index contributed by atoms with van der Waals surface area (Å²) in [5, 5.41) is 9.56. The Kier molecular flexibility index (Phi) is 8.95. The van der Waals surface area contributed by atoms with Crippen LogP contribution >= 0.6 is 11.6 Å². The van der Waals surface area contributed by atoms with E-state index < -0.39 is 5.82 Å². The van der Waals surface area contributed by atoms with Crippen molar-refractivity contribution in [3.05, 3.63) is 53.0 Å². The smallest absolute Gasteiger partial charge is 0.318 e. The number of rotatable bonds is 8. The number of hydrogen-bond donors (Lipinski definition) is 0. The molecule has 3 heterocycles. The van der Waals surface area contributed by atoms with Gasteiger partial charge < -0.3 is 24.3 Å². The molecule has 218 valence electrons. The molecule has 3 atom stereocenters. The molecule has 2 aliphatic heterocycles. The van der Waals surface area contributed by atoms with Crippen molar-refractivity contribution in [3.63, 3.8) is 0 Å². The minimum absolute atomic E-state index is 0.0979. The first kappa shape index (κ1) is 29.1. The van der Waals surface area contributed by atoms with Crippen LogP contribution in [0.25, 0.3) is 0 Å². The number of benzene rings is 1. The molecule has 0 spiro atoms. The topological polar surface area (TPSA) is 88.8 Å². The van der Waals surface area contributed by atoms with Crippen LogP contribution in [-0.4, -0.2) is 84.6 Å². The van der Waals surface area contributed by atoms with Crippen molar-refractivity contribution in [1.29, 1.82) is 5.26 Å². The zero-order valence-electron chi connectivity index (χ0n) is 23.7. The third-order valence-corrected chi connectivity index (χ3v) is 8.93. The molecule has 1 aliphatic carbocycles. The lowest BCUT2D eigenvalue weighted by atomic mass is 10.0. The number of carbonyl (C=O) groups is 1. The fourth-order valence-corrected chi connectivity index (χ4v) is 6.50. The summed E-state index contributed by atoms with van der Waals surface area (Å²) in [6.45, 7) is 6.73. The van der Waals surface area contributed by atoms with Crippen molar-refractivity contribution in [2.24, 2.45) is 5.92 Å². The summed E-state index contributed by atoms with van der Waals surface area (Å²) in [6.07, 6.45) is 5.48. The third kappa shape index (κ3) is 6.26. The number of anilines is 2. The predicted molar refractivity (Wildman–Crippen MR) is 157 cm³/mol. The Morgan fingerprint density at radius 3 is 2.83 bits per heavy atom. The molecule has 1 amide bonds. The molecular formula is C30H37ClFN7O2. The first-order chi connectivity index (χ1) is 19.8. The Hall–Kier alpha value is -3.42. The van der Waals surface area contributed by atoms with E-state index in [-0.39, 0.29) is 23.4 Å². The van der Waals surface area contributed by atoms with Crippen LogP contribution in [0.15, 0.2) is 30.9 Å². The summed E-state index contributed by atoms with van der Waals surface area (Å²) in [5.41, 5.74) is 2.45. The molecule has 1 saturated heterocycles. The largest absolute Gasteiger partial charge is 0.463 e. The van der Waals surface area contributed by atoms with Crippen molar-refractivity contribution >= 4 is 29.0 Å². The van der Waals surface area contributed by atoms with Gasteiger partial charge in [0.05, 0.1) is 48.1 Å². The molecule has 0 N–H and O–H groups in total. The average Bonchev–Trinajstić information content (AvgIpc) is 3.46. The van der Waals surface area contributed by atoms with Gasteiger partial charge in [0.25, 0.3) is 0 Å². The SMILES string of the molecule is C=CC(=O)N1CCN(c2nc(OCC3CCC(N(C)C)C3)nc3c2CCN(c2cccc(F)c2Cl)C3)CC1CC#N. The lowest BCUT2D eigenvalue weighted by Crippen LogP contribution is -2.55. The van der Waals surface area contributed by atoms with E-state index in [0.29, 0.717) is 69.4 Å². The van der Waals surface area contributed by atoms with Gasteiger partial charge in [-0.2, -0.15) is 15.2 Å². The second-order valence-electron chi connectivity index (χ2n) is 11.3. The summed E-state index contributed by atoms with van der Waals surface area (Å²) < 4.78 is 20.5. The zero-order valence-corrected chi connectivity index (χ0v) is 24.5. The number of fused-ring (bicyclic) bond motifs is 1. The van der Waals surface area contributed by atoms with E-state index in [9.17, 15) is 14.4 Å². The Labute approximate surface area is 246 Å². The van der Waals surface area contributed by atoms with Crippen LogP contribution in [0.5, 0.6) is 6.01 Å². The summed E-state index contributed by atoms with van der Waals surface area (Å²) >= 11 is 6.34. The molecule has 3 unspecified atom stereocenters. The standard InChI is InChI=1S/C30H37ClFN7O2/c1-4-27(40)39-15-14-38(17-22(39)10-12-33)29-23-11-13-37(26-7-5-6-24(32)28(26)31)18-25(23)34-30(35-29)41-19-20-8-9-21(16-20)36(2)3/h4-7,20-22H,1,8-11,13-19H2,2-3H3. The summed E-state index contributed by atoms with van der Waals surface area (Å²) in [5.74, 6) is 0.585. The Morgan fingerprint density at radius 2 is 2.10 bits per heavy atom. The number of ether oxygens (including phenoxy) is 1. The van der Waals surface area contributed by atoms with Crippen molar-refractivity contribution in [2.75, 3.05) is 56.7 Å². The van der Waals surface area contributed by atoms with E-state index in [1.54, 1.807) is 11.0 Å². The van der Waals surface area contributed by atoms with Crippen molar-refractivity contribution in [1.82, 2.24) is 19.8 Å². The third-order valence-electron chi connectivity index (χ3n) is 8.55. The fourth-order valence-electron chi connectivity index (χ4n) is 6.25. The highest BCUT2D eigenvalue weighted by Crippen LogP contribution is 2.36. The van der Waals surface area contributed by atoms with E-state index in [1.807, 2.05) is 11.0 Å². The van der Waals surface area contributed by atoms with Crippen LogP contribution in [0.1, 0.15) is 36.9 Å². The molecule has 41 heavy (non-hydrogen) atoms. The zero-order chi connectivity index (χ0) is 29.1. The minimum Gasteiger partial charge on any atom is -0.463 e. The Bertz CT molecular complexity index is 1330. The molecule has 0 radical (unpaired) electrons. The van der Waals surface area contributed by atoms with E-state index in [4.69, 9.17) is 26.3 Å². The highest BCUT2D eigenvalue weighted by Gasteiger charge is 2.34. The number of hydrogen-bond acceptors (Lipinski definition) is 8. The molecule has 3 aliphatic rings. The molecule has 1 saturated carbocycles. The molecule has 2 fully saturated rings. The maximum absolute atomic E-state index is 14.3. The second-order valence-corrected chi connectivity index (χ2v) is 11.7. The molecule has 1 aromatic carbocycles. The second kappa shape index (κ2) is 12.6. The van der Waals surface area contributed by atoms with Gasteiger partial charge in [0.15, 0.2) is 0 Å². The predicted octanol–water partition coefficient (Wildman–Crippen LogP) is 4.06. The fraction of sp³-hybridized carbons (Fsp3) is 0.533. The Balaban J connectivity index is 1.43. The first-order valence-electron chi connectivity index (χ1n) is 14.2.